The Balaban J connectivity index is 1.86. The van der Waals surface area contributed by atoms with E-state index in [0.717, 1.165) is 4.47 Å². The van der Waals surface area contributed by atoms with Crippen molar-refractivity contribution in [2.24, 2.45) is 10.2 Å². The number of fused-ring (bicyclic) bond motifs is 1. The minimum Gasteiger partial charge on any atom is -0.493 e. The fraction of sp³-hybridized carbons (Fsp3) is 0. The zero-order chi connectivity index (χ0) is 16.4. The van der Waals surface area contributed by atoms with Crippen LogP contribution in [-0.2, 0) is 0 Å². The second kappa shape index (κ2) is 6.43. The van der Waals surface area contributed by atoms with E-state index in [4.69, 9.17) is 12.2 Å². The predicted molar refractivity (Wildman–Crippen MR) is 94.8 cm³/mol. The van der Waals surface area contributed by atoms with Crippen LogP contribution < -0.4 is 5.32 Å². The number of nitrogens with one attached hydrogen (secondary N) is 2. The van der Waals surface area contributed by atoms with E-state index < -0.39 is 5.82 Å². The average molecular weight is 393 g/mol. The van der Waals surface area contributed by atoms with Gasteiger partial charge in [-0.2, -0.15) is 0 Å². The van der Waals surface area contributed by atoms with Gasteiger partial charge < -0.3 is 15.4 Å². The fourth-order valence-electron chi connectivity index (χ4n) is 2.05. The number of rotatable bonds is 2. The van der Waals surface area contributed by atoms with Gasteiger partial charge in [0.05, 0.1) is 11.2 Å². The summed E-state index contributed by atoms with van der Waals surface area (Å²) < 4.78 is 14.3. The van der Waals surface area contributed by atoms with E-state index in [1.165, 1.54) is 12.1 Å². The van der Waals surface area contributed by atoms with E-state index in [1.54, 1.807) is 18.2 Å². The van der Waals surface area contributed by atoms with Crippen molar-refractivity contribution in [2.45, 2.75) is 0 Å². The topological polar surface area (TPSA) is 72.8 Å². The Morgan fingerprint density at radius 3 is 2.78 bits per heavy atom. The maximum atomic E-state index is 13.5. The molecule has 0 unspecified atom stereocenters. The van der Waals surface area contributed by atoms with Crippen molar-refractivity contribution in [1.82, 2.24) is 4.98 Å². The monoisotopic (exact) mass is 392 g/mol. The van der Waals surface area contributed by atoms with Crippen LogP contribution in [0.4, 0.5) is 15.8 Å². The largest absolute Gasteiger partial charge is 0.493 e. The molecule has 0 radical (unpaired) electrons. The average Bonchev–Trinajstić information content (AvgIpc) is 2.85. The third-order valence-corrected chi connectivity index (χ3v) is 3.94. The normalized spacial score (nSPS) is 11.2. The molecule has 0 amide bonds. The first-order chi connectivity index (χ1) is 11.1. The molecule has 0 bridgehead atoms. The molecule has 0 aliphatic rings. The molecule has 3 N–H and O–H groups in total. The molecule has 23 heavy (non-hydrogen) atoms. The SMILES string of the molecule is Oc1[nH]c2c(Br)cccc2c1N=NC(=S)Nc1ccccc1F. The van der Waals surface area contributed by atoms with Gasteiger partial charge in [0.2, 0.25) is 11.0 Å². The minimum absolute atomic E-state index is 0.0150. The van der Waals surface area contributed by atoms with Crippen molar-refractivity contribution < 1.29 is 9.50 Å². The van der Waals surface area contributed by atoms with Crippen LogP contribution in [0.2, 0.25) is 0 Å². The van der Waals surface area contributed by atoms with E-state index >= 15 is 0 Å². The van der Waals surface area contributed by atoms with Crippen LogP contribution in [-0.4, -0.2) is 15.2 Å². The molecule has 0 aliphatic carbocycles. The van der Waals surface area contributed by atoms with Gasteiger partial charge in [0.15, 0.2) is 5.69 Å². The summed E-state index contributed by atoms with van der Waals surface area (Å²) in [5.74, 6) is -0.562. The number of para-hydroxylation sites is 2. The van der Waals surface area contributed by atoms with E-state index in [2.05, 4.69) is 36.5 Å². The number of benzene rings is 2. The Bertz CT molecular complexity index is 925. The Morgan fingerprint density at radius 2 is 2.00 bits per heavy atom. The highest BCUT2D eigenvalue weighted by atomic mass is 79.9. The molecule has 116 valence electrons. The number of thiocarbonyl (C=S) groups is 1. The van der Waals surface area contributed by atoms with E-state index in [9.17, 15) is 9.50 Å². The number of hydrogen-bond acceptors (Lipinski definition) is 3. The lowest BCUT2D eigenvalue weighted by molar-refractivity contribution is 0.459. The van der Waals surface area contributed by atoms with Gasteiger partial charge >= 0.3 is 0 Å². The van der Waals surface area contributed by atoms with Crippen molar-refractivity contribution >= 4 is 55.5 Å². The highest BCUT2D eigenvalue weighted by Gasteiger charge is 2.12. The molecule has 1 heterocycles. The van der Waals surface area contributed by atoms with Gasteiger partial charge in [0.1, 0.15) is 5.82 Å². The van der Waals surface area contributed by atoms with Crippen molar-refractivity contribution in [3.63, 3.8) is 0 Å². The lowest BCUT2D eigenvalue weighted by Crippen LogP contribution is -2.06. The maximum Gasteiger partial charge on any atom is 0.218 e. The first-order valence-electron chi connectivity index (χ1n) is 6.52. The van der Waals surface area contributed by atoms with E-state index in [-0.39, 0.29) is 22.4 Å². The molecule has 3 aromatic rings. The summed E-state index contributed by atoms with van der Waals surface area (Å²) in [4.78, 5) is 2.81. The van der Waals surface area contributed by atoms with Crippen LogP contribution in [0.3, 0.4) is 0 Å². The maximum absolute atomic E-state index is 13.5. The Hall–Kier alpha value is -2.32. The number of anilines is 1. The Kier molecular flexibility index (Phi) is 4.35. The predicted octanol–water partition coefficient (Wildman–Crippen LogP) is 5.26. The summed E-state index contributed by atoms with van der Waals surface area (Å²) in [5, 5.41) is 21.1. The second-order valence-corrected chi connectivity index (χ2v) is 5.84. The summed E-state index contributed by atoms with van der Waals surface area (Å²) in [6.07, 6.45) is 0. The van der Waals surface area contributed by atoms with Crippen LogP contribution in [0.15, 0.2) is 57.2 Å². The van der Waals surface area contributed by atoms with Gasteiger partial charge in [-0.05, 0) is 46.3 Å². The van der Waals surface area contributed by atoms with E-state index in [0.29, 0.717) is 10.9 Å². The minimum atomic E-state index is -0.441. The fourth-order valence-corrected chi connectivity index (χ4v) is 2.67. The van der Waals surface area contributed by atoms with Crippen molar-refractivity contribution in [1.29, 1.82) is 0 Å². The van der Waals surface area contributed by atoms with Gasteiger partial charge in [-0.3, -0.25) is 0 Å². The van der Waals surface area contributed by atoms with Crippen LogP contribution >= 0.6 is 28.1 Å². The molecule has 0 fully saturated rings. The summed E-state index contributed by atoms with van der Waals surface area (Å²) in [6, 6.07) is 11.5. The standard InChI is InChI=1S/C15H10BrFN4OS/c16-9-5-3-4-8-12(9)19-14(22)13(8)20-21-15(23)18-11-7-2-1-6-10(11)17/h1-7,19,22H,(H,18,23). The summed E-state index contributed by atoms with van der Waals surface area (Å²) in [7, 11) is 0. The Labute approximate surface area is 144 Å². The summed E-state index contributed by atoms with van der Waals surface area (Å²) in [6.45, 7) is 0. The Morgan fingerprint density at radius 1 is 1.22 bits per heavy atom. The molecule has 3 rings (SSSR count). The molecule has 2 aromatic carbocycles. The highest BCUT2D eigenvalue weighted by Crippen LogP contribution is 2.38. The molecular formula is C15H10BrFN4OS. The van der Waals surface area contributed by atoms with Gasteiger partial charge in [-0.25, -0.2) is 4.39 Å². The highest BCUT2D eigenvalue weighted by molar-refractivity contribution is 9.10. The first-order valence-corrected chi connectivity index (χ1v) is 7.73. The quantitative estimate of drug-likeness (QED) is 0.411. The number of H-pyrrole nitrogens is 1. The molecular weight excluding hydrogens is 383 g/mol. The number of halogens is 2. The number of aromatic hydroxyl groups is 1. The lowest BCUT2D eigenvalue weighted by Gasteiger charge is -2.03. The molecule has 0 saturated carbocycles. The third kappa shape index (κ3) is 3.22. The smallest absolute Gasteiger partial charge is 0.218 e. The molecule has 8 heteroatoms. The van der Waals surface area contributed by atoms with Crippen LogP contribution in [0, 0.1) is 5.82 Å². The van der Waals surface area contributed by atoms with Crippen LogP contribution in [0.1, 0.15) is 0 Å². The van der Waals surface area contributed by atoms with Crippen LogP contribution in [0.5, 0.6) is 5.88 Å². The second-order valence-electron chi connectivity index (χ2n) is 4.59. The molecule has 1 aromatic heterocycles. The zero-order valence-corrected chi connectivity index (χ0v) is 13.9. The van der Waals surface area contributed by atoms with Crippen LogP contribution in [0.25, 0.3) is 10.9 Å². The number of hydrogen-bond donors (Lipinski definition) is 3. The molecule has 0 aliphatic heterocycles. The molecule has 5 nitrogen and oxygen atoms in total. The number of aromatic nitrogens is 1. The summed E-state index contributed by atoms with van der Waals surface area (Å²) >= 11 is 8.40. The number of aromatic amines is 1. The molecule has 0 saturated heterocycles. The number of azo groups is 1. The number of nitrogens with zero attached hydrogens (tertiary/aromatic N) is 2. The van der Waals surface area contributed by atoms with E-state index in [1.807, 2.05) is 12.1 Å². The zero-order valence-electron chi connectivity index (χ0n) is 11.5. The van der Waals surface area contributed by atoms with Gasteiger partial charge in [0, 0.05) is 9.86 Å². The van der Waals surface area contributed by atoms with Gasteiger partial charge in [-0.1, -0.05) is 24.3 Å². The van der Waals surface area contributed by atoms with Gasteiger partial charge in [-0.15, -0.1) is 10.2 Å². The van der Waals surface area contributed by atoms with Crippen molar-refractivity contribution in [3.05, 3.63) is 52.8 Å². The van der Waals surface area contributed by atoms with Crippen molar-refractivity contribution in [3.8, 4) is 5.88 Å². The van der Waals surface area contributed by atoms with Gasteiger partial charge in [0.25, 0.3) is 0 Å². The summed E-state index contributed by atoms with van der Waals surface area (Å²) in [5.41, 5.74) is 1.17. The van der Waals surface area contributed by atoms with Crippen molar-refractivity contribution in [2.75, 3.05) is 5.32 Å². The molecule has 0 atom stereocenters. The first kappa shape index (κ1) is 15.6. The third-order valence-electron chi connectivity index (χ3n) is 3.09. The lowest BCUT2D eigenvalue weighted by atomic mass is 10.2. The molecule has 0 spiro atoms.